The molecule has 1 aliphatic heterocycles. The molecule has 4 rings (SSSR count). The van der Waals surface area contributed by atoms with Crippen molar-refractivity contribution in [1.82, 2.24) is 15.0 Å². The van der Waals surface area contributed by atoms with Crippen molar-refractivity contribution < 1.29 is 13.9 Å². The Balaban J connectivity index is 1.40. The van der Waals surface area contributed by atoms with Crippen LogP contribution in [-0.2, 0) is 11.3 Å². The molecule has 31 heavy (non-hydrogen) atoms. The fraction of sp³-hybridized carbons (Fsp3) is 0.273. The van der Waals surface area contributed by atoms with Gasteiger partial charge in [-0.1, -0.05) is 12.1 Å². The summed E-state index contributed by atoms with van der Waals surface area (Å²) in [4.78, 5) is 29.4. The molecule has 0 saturated carbocycles. The number of morpholine rings is 1. The molecule has 0 radical (unpaired) electrons. The largest absolute Gasteiger partial charge is 0.378 e. The average molecular weight is 422 g/mol. The fourth-order valence-electron chi connectivity index (χ4n) is 3.26. The zero-order valence-corrected chi connectivity index (χ0v) is 17.2. The highest BCUT2D eigenvalue weighted by Crippen LogP contribution is 2.17. The minimum Gasteiger partial charge on any atom is -0.378 e. The summed E-state index contributed by atoms with van der Waals surface area (Å²) in [7, 11) is 1.85. The molecule has 2 aromatic heterocycles. The van der Waals surface area contributed by atoms with E-state index in [1.165, 1.54) is 18.5 Å². The van der Waals surface area contributed by atoms with Crippen LogP contribution in [0.1, 0.15) is 16.1 Å². The second-order valence-electron chi connectivity index (χ2n) is 7.20. The number of nitrogens with zero attached hydrogens (tertiary/aromatic N) is 5. The van der Waals surface area contributed by atoms with Crippen LogP contribution in [0.3, 0.4) is 0 Å². The van der Waals surface area contributed by atoms with Crippen LogP contribution in [0, 0.1) is 5.82 Å². The van der Waals surface area contributed by atoms with Gasteiger partial charge in [-0.2, -0.15) is 0 Å². The number of pyridine rings is 1. The van der Waals surface area contributed by atoms with Gasteiger partial charge in [-0.05, 0) is 29.8 Å². The first-order chi connectivity index (χ1) is 15.1. The highest BCUT2D eigenvalue weighted by atomic mass is 19.1. The lowest BCUT2D eigenvalue weighted by molar-refractivity contribution is 0.102. The molecule has 1 N–H and O–H groups in total. The number of amides is 1. The van der Waals surface area contributed by atoms with Gasteiger partial charge in [-0.15, -0.1) is 0 Å². The normalized spacial score (nSPS) is 13.7. The van der Waals surface area contributed by atoms with Gasteiger partial charge in [0.2, 0.25) is 0 Å². The van der Waals surface area contributed by atoms with Gasteiger partial charge in [0.05, 0.1) is 25.1 Å². The Morgan fingerprint density at radius 2 is 1.90 bits per heavy atom. The Bertz CT molecular complexity index is 1020. The second-order valence-corrected chi connectivity index (χ2v) is 7.20. The molecule has 1 fully saturated rings. The molecule has 1 amide bonds. The van der Waals surface area contributed by atoms with Crippen molar-refractivity contribution in [2.75, 3.05) is 48.5 Å². The Labute approximate surface area is 179 Å². The second kappa shape index (κ2) is 9.48. The van der Waals surface area contributed by atoms with Crippen LogP contribution in [0.2, 0.25) is 0 Å². The van der Waals surface area contributed by atoms with Crippen LogP contribution in [-0.4, -0.2) is 54.2 Å². The first-order valence-corrected chi connectivity index (χ1v) is 9.96. The van der Waals surface area contributed by atoms with Crippen LogP contribution >= 0.6 is 0 Å². The standard InChI is InChI=1S/C22H23FN6O2/c1-28(14-16-2-4-17(23)5-3-16)21-12-19(25-15-26-21)22(30)27-18-6-7-20(24-13-18)29-8-10-31-11-9-29/h2-7,12-13,15H,8-11,14H2,1H3,(H,27,30). The predicted octanol–water partition coefficient (Wildman–Crippen LogP) is 2.74. The molecular weight excluding hydrogens is 399 g/mol. The summed E-state index contributed by atoms with van der Waals surface area (Å²) >= 11 is 0. The van der Waals surface area contributed by atoms with Gasteiger partial charge in [0.1, 0.15) is 29.5 Å². The van der Waals surface area contributed by atoms with E-state index in [1.807, 2.05) is 24.1 Å². The van der Waals surface area contributed by atoms with Gasteiger partial charge in [-0.3, -0.25) is 4.79 Å². The number of aromatic nitrogens is 3. The van der Waals surface area contributed by atoms with E-state index in [1.54, 1.807) is 24.4 Å². The van der Waals surface area contributed by atoms with Crippen molar-refractivity contribution >= 4 is 23.2 Å². The Morgan fingerprint density at radius 1 is 1.13 bits per heavy atom. The number of hydrogen-bond donors (Lipinski definition) is 1. The Hall–Kier alpha value is -3.59. The number of anilines is 3. The maximum atomic E-state index is 13.1. The lowest BCUT2D eigenvalue weighted by Gasteiger charge is -2.27. The number of nitrogens with one attached hydrogen (secondary N) is 1. The summed E-state index contributed by atoms with van der Waals surface area (Å²) in [5.74, 6) is 0.818. The number of carbonyl (C=O) groups is 1. The fourth-order valence-corrected chi connectivity index (χ4v) is 3.26. The van der Waals surface area contributed by atoms with E-state index in [4.69, 9.17) is 4.74 Å². The number of carbonyl (C=O) groups excluding carboxylic acids is 1. The number of benzene rings is 1. The van der Waals surface area contributed by atoms with Crippen LogP contribution in [0.25, 0.3) is 0 Å². The molecule has 3 aromatic rings. The molecule has 160 valence electrons. The van der Waals surface area contributed by atoms with Crippen molar-refractivity contribution in [3.05, 3.63) is 72.1 Å². The molecule has 0 spiro atoms. The van der Waals surface area contributed by atoms with Crippen molar-refractivity contribution in [1.29, 1.82) is 0 Å². The van der Waals surface area contributed by atoms with Gasteiger partial charge in [0.15, 0.2) is 0 Å². The summed E-state index contributed by atoms with van der Waals surface area (Å²) in [6.07, 6.45) is 2.98. The predicted molar refractivity (Wildman–Crippen MR) is 116 cm³/mol. The van der Waals surface area contributed by atoms with E-state index in [0.29, 0.717) is 31.3 Å². The SMILES string of the molecule is CN(Cc1ccc(F)cc1)c1cc(C(=O)Nc2ccc(N3CCOCC3)nc2)ncn1. The third-order valence-corrected chi connectivity index (χ3v) is 4.95. The van der Waals surface area contributed by atoms with E-state index in [2.05, 4.69) is 25.2 Å². The van der Waals surface area contributed by atoms with Crippen LogP contribution < -0.4 is 15.1 Å². The highest BCUT2D eigenvalue weighted by Gasteiger charge is 2.14. The zero-order valence-electron chi connectivity index (χ0n) is 17.2. The number of halogens is 1. The lowest BCUT2D eigenvalue weighted by Crippen LogP contribution is -2.36. The van der Waals surface area contributed by atoms with E-state index in [9.17, 15) is 9.18 Å². The Morgan fingerprint density at radius 3 is 2.61 bits per heavy atom. The van der Waals surface area contributed by atoms with Gasteiger partial charge in [-0.25, -0.2) is 19.3 Å². The smallest absolute Gasteiger partial charge is 0.274 e. The molecule has 1 aromatic carbocycles. The van der Waals surface area contributed by atoms with Crippen LogP contribution in [0.5, 0.6) is 0 Å². The van der Waals surface area contributed by atoms with Crippen LogP contribution in [0.4, 0.5) is 21.7 Å². The van der Waals surface area contributed by atoms with Crippen LogP contribution in [0.15, 0.2) is 55.0 Å². The zero-order chi connectivity index (χ0) is 21.6. The van der Waals surface area contributed by atoms with E-state index in [-0.39, 0.29) is 17.4 Å². The molecule has 0 bridgehead atoms. The molecule has 0 aliphatic carbocycles. The van der Waals surface area contributed by atoms with Gasteiger partial charge in [0.25, 0.3) is 5.91 Å². The van der Waals surface area contributed by atoms with Crippen molar-refractivity contribution in [2.45, 2.75) is 6.54 Å². The molecule has 9 heteroatoms. The van der Waals surface area contributed by atoms with Gasteiger partial charge < -0.3 is 19.9 Å². The van der Waals surface area contributed by atoms with Gasteiger partial charge >= 0.3 is 0 Å². The third kappa shape index (κ3) is 5.32. The molecule has 8 nitrogen and oxygen atoms in total. The average Bonchev–Trinajstić information content (AvgIpc) is 2.81. The van der Waals surface area contributed by atoms with Crippen molar-refractivity contribution in [3.8, 4) is 0 Å². The molecule has 0 unspecified atom stereocenters. The lowest BCUT2D eigenvalue weighted by atomic mass is 10.2. The summed E-state index contributed by atoms with van der Waals surface area (Å²) < 4.78 is 18.4. The number of ether oxygens (including phenoxy) is 1. The summed E-state index contributed by atoms with van der Waals surface area (Å²) in [5.41, 5.74) is 1.76. The molecule has 3 heterocycles. The Kier molecular flexibility index (Phi) is 6.32. The summed E-state index contributed by atoms with van der Waals surface area (Å²) in [6.45, 7) is 3.49. The quantitative estimate of drug-likeness (QED) is 0.654. The van der Waals surface area contributed by atoms with E-state index >= 15 is 0 Å². The van der Waals surface area contributed by atoms with Crippen molar-refractivity contribution in [3.63, 3.8) is 0 Å². The maximum Gasteiger partial charge on any atom is 0.274 e. The third-order valence-electron chi connectivity index (χ3n) is 4.95. The molecule has 0 atom stereocenters. The number of hydrogen-bond acceptors (Lipinski definition) is 7. The first kappa shape index (κ1) is 20.7. The van der Waals surface area contributed by atoms with Crippen molar-refractivity contribution in [2.24, 2.45) is 0 Å². The maximum absolute atomic E-state index is 13.1. The number of rotatable bonds is 6. The minimum atomic E-state index is -0.347. The van der Waals surface area contributed by atoms with Gasteiger partial charge in [0, 0.05) is 32.7 Å². The first-order valence-electron chi connectivity index (χ1n) is 9.96. The topological polar surface area (TPSA) is 83.5 Å². The molecular formula is C22H23FN6O2. The molecule has 1 saturated heterocycles. The summed E-state index contributed by atoms with van der Waals surface area (Å²) in [6, 6.07) is 11.6. The summed E-state index contributed by atoms with van der Waals surface area (Å²) in [5, 5.41) is 2.82. The van der Waals surface area contributed by atoms with E-state index in [0.717, 1.165) is 24.5 Å². The molecule has 1 aliphatic rings. The van der Waals surface area contributed by atoms with E-state index < -0.39 is 0 Å². The minimum absolute atomic E-state index is 0.244. The highest BCUT2D eigenvalue weighted by molar-refractivity contribution is 6.03. The monoisotopic (exact) mass is 422 g/mol.